The second kappa shape index (κ2) is 10.1. The van der Waals surface area contributed by atoms with E-state index in [4.69, 9.17) is 0 Å². The number of carbonyl (C=O) groups excluding carboxylic acids is 2. The third kappa shape index (κ3) is 4.80. The van der Waals surface area contributed by atoms with Crippen LogP contribution in [0, 0.1) is 6.92 Å². The number of hydrogen-bond acceptors (Lipinski definition) is 4. The van der Waals surface area contributed by atoms with Crippen molar-refractivity contribution < 1.29 is 9.59 Å². The van der Waals surface area contributed by atoms with E-state index >= 15 is 0 Å². The number of aryl methyl sites for hydroxylation is 1. The lowest BCUT2D eigenvalue weighted by Crippen LogP contribution is -2.47. The van der Waals surface area contributed by atoms with Crippen LogP contribution < -0.4 is 10.2 Å². The highest BCUT2D eigenvalue weighted by Gasteiger charge is 2.35. The lowest BCUT2D eigenvalue weighted by Gasteiger charge is -2.33. The van der Waals surface area contributed by atoms with Crippen LogP contribution in [0.5, 0.6) is 0 Å². The van der Waals surface area contributed by atoms with Gasteiger partial charge in [0.25, 0.3) is 0 Å². The fourth-order valence-electron chi connectivity index (χ4n) is 4.91. The summed E-state index contributed by atoms with van der Waals surface area (Å²) in [4.78, 5) is 29.4. The predicted octanol–water partition coefficient (Wildman–Crippen LogP) is 4.57. The average Bonchev–Trinajstić information content (AvgIpc) is 3.54. The fraction of sp³-hybridized carbons (Fsp3) is 0.286. The number of rotatable bonds is 7. The van der Waals surface area contributed by atoms with Crippen molar-refractivity contribution in [1.82, 2.24) is 20.3 Å². The van der Waals surface area contributed by atoms with Gasteiger partial charge < -0.3 is 5.32 Å². The lowest BCUT2D eigenvalue weighted by atomic mass is 9.97. The number of carbonyl (C=O) groups is 2. The summed E-state index contributed by atoms with van der Waals surface area (Å²) >= 11 is 0. The van der Waals surface area contributed by atoms with Gasteiger partial charge in [-0.15, -0.1) is 5.10 Å². The highest BCUT2D eigenvalue weighted by molar-refractivity contribution is 6.01. The van der Waals surface area contributed by atoms with E-state index in [-0.39, 0.29) is 24.4 Å². The third-order valence-corrected chi connectivity index (χ3v) is 6.70. The molecule has 0 radical (unpaired) electrons. The molecule has 1 heterocycles. The zero-order valence-electron chi connectivity index (χ0n) is 19.8. The number of anilines is 1. The number of nitrogens with zero attached hydrogens (tertiary/aromatic N) is 4. The van der Waals surface area contributed by atoms with Gasteiger partial charge >= 0.3 is 0 Å². The first-order valence-corrected chi connectivity index (χ1v) is 12.1. The van der Waals surface area contributed by atoms with Gasteiger partial charge in [-0.2, -0.15) is 0 Å². The number of para-hydroxylation sites is 2. The third-order valence-electron chi connectivity index (χ3n) is 6.70. The molecule has 3 aromatic carbocycles. The highest BCUT2D eigenvalue weighted by atomic mass is 16.2. The summed E-state index contributed by atoms with van der Waals surface area (Å²) in [6.45, 7) is 1.94. The van der Waals surface area contributed by atoms with E-state index in [1.807, 2.05) is 85.8 Å². The Kier molecular flexibility index (Phi) is 6.57. The molecule has 1 aliphatic carbocycles. The Morgan fingerprint density at radius 1 is 0.971 bits per heavy atom. The van der Waals surface area contributed by atoms with Crippen LogP contribution in [-0.2, 0) is 16.1 Å². The Balaban J connectivity index is 1.56. The molecule has 0 bridgehead atoms. The molecule has 0 saturated heterocycles. The molecule has 1 aromatic heterocycles. The van der Waals surface area contributed by atoms with E-state index in [2.05, 4.69) is 15.6 Å². The molecule has 1 N–H and O–H groups in total. The Bertz CT molecular complexity index is 1330. The minimum atomic E-state index is -0.804. The maximum Gasteiger partial charge on any atom is 0.249 e. The second-order valence-corrected chi connectivity index (χ2v) is 9.08. The van der Waals surface area contributed by atoms with E-state index < -0.39 is 6.04 Å². The molecule has 1 aliphatic rings. The van der Waals surface area contributed by atoms with E-state index in [9.17, 15) is 9.59 Å². The van der Waals surface area contributed by atoms with Gasteiger partial charge in [0.05, 0.1) is 5.52 Å². The van der Waals surface area contributed by atoms with E-state index in [0.717, 1.165) is 47.8 Å². The quantitative estimate of drug-likeness (QED) is 0.432. The summed E-state index contributed by atoms with van der Waals surface area (Å²) in [6.07, 6.45) is 4.16. The SMILES string of the molecule is Cc1ccccc1C(C(=O)NC1CCCC1)N(C(=O)Cn1nnc2ccccc21)c1ccccc1. The van der Waals surface area contributed by atoms with Gasteiger partial charge in [-0.1, -0.05) is 72.7 Å². The normalized spacial score (nSPS) is 14.7. The first-order valence-electron chi connectivity index (χ1n) is 12.1. The van der Waals surface area contributed by atoms with E-state index in [0.29, 0.717) is 5.69 Å². The summed E-state index contributed by atoms with van der Waals surface area (Å²) < 4.78 is 1.59. The molecule has 1 saturated carbocycles. The topological polar surface area (TPSA) is 80.1 Å². The second-order valence-electron chi connectivity index (χ2n) is 9.08. The zero-order chi connectivity index (χ0) is 24.2. The molecule has 0 spiro atoms. The van der Waals surface area contributed by atoms with Gasteiger partial charge in [0.2, 0.25) is 11.8 Å². The molecule has 7 heteroatoms. The van der Waals surface area contributed by atoms with Gasteiger partial charge in [0, 0.05) is 11.7 Å². The molecule has 1 fully saturated rings. The summed E-state index contributed by atoms with van der Waals surface area (Å²) in [5.74, 6) is -0.395. The number of amides is 2. The molecular formula is C28H29N5O2. The van der Waals surface area contributed by atoms with Crippen LogP contribution in [-0.4, -0.2) is 32.9 Å². The van der Waals surface area contributed by atoms with Gasteiger partial charge in [0.15, 0.2) is 0 Å². The molecule has 35 heavy (non-hydrogen) atoms. The molecule has 7 nitrogen and oxygen atoms in total. The van der Waals surface area contributed by atoms with Crippen molar-refractivity contribution in [3.63, 3.8) is 0 Å². The Morgan fingerprint density at radius 3 is 2.43 bits per heavy atom. The highest BCUT2D eigenvalue weighted by Crippen LogP contribution is 2.31. The number of aromatic nitrogens is 3. The maximum atomic E-state index is 14.0. The van der Waals surface area contributed by atoms with Crippen molar-refractivity contribution >= 4 is 28.5 Å². The Labute approximate surface area is 204 Å². The monoisotopic (exact) mass is 467 g/mol. The summed E-state index contributed by atoms with van der Waals surface area (Å²) in [5.41, 5.74) is 3.93. The zero-order valence-corrected chi connectivity index (χ0v) is 19.8. The van der Waals surface area contributed by atoms with Gasteiger partial charge in [-0.05, 0) is 55.2 Å². The first-order chi connectivity index (χ1) is 17.1. The summed E-state index contributed by atoms with van der Waals surface area (Å²) in [6, 6.07) is 24.0. The molecule has 1 atom stereocenters. The largest absolute Gasteiger partial charge is 0.351 e. The Morgan fingerprint density at radius 2 is 1.66 bits per heavy atom. The van der Waals surface area contributed by atoms with Crippen molar-refractivity contribution in [1.29, 1.82) is 0 Å². The van der Waals surface area contributed by atoms with Crippen LogP contribution >= 0.6 is 0 Å². The van der Waals surface area contributed by atoms with Crippen LogP contribution in [0.25, 0.3) is 11.0 Å². The minimum absolute atomic E-state index is 0.0332. The maximum absolute atomic E-state index is 14.0. The van der Waals surface area contributed by atoms with Gasteiger partial charge in [-0.25, -0.2) is 4.68 Å². The smallest absolute Gasteiger partial charge is 0.249 e. The number of hydrogen-bond donors (Lipinski definition) is 1. The van der Waals surface area contributed by atoms with E-state index in [1.165, 1.54) is 0 Å². The number of nitrogens with one attached hydrogen (secondary N) is 1. The lowest BCUT2D eigenvalue weighted by molar-refractivity contribution is -0.127. The van der Waals surface area contributed by atoms with Crippen molar-refractivity contribution in [3.05, 3.63) is 90.0 Å². The molecule has 0 aliphatic heterocycles. The van der Waals surface area contributed by atoms with Crippen molar-refractivity contribution in [3.8, 4) is 0 Å². The fourth-order valence-corrected chi connectivity index (χ4v) is 4.91. The number of benzene rings is 3. The minimum Gasteiger partial charge on any atom is -0.351 e. The van der Waals surface area contributed by atoms with Gasteiger partial charge in [0.1, 0.15) is 18.1 Å². The van der Waals surface area contributed by atoms with Crippen LogP contribution in [0.15, 0.2) is 78.9 Å². The molecule has 4 aromatic rings. The first kappa shape index (κ1) is 22.8. The van der Waals surface area contributed by atoms with Crippen LogP contribution in [0.2, 0.25) is 0 Å². The van der Waals surface area contributed by atoms with Crippen molar-refractivity contribution in [2.24, 2.45) is 0 Å². The van der Waals surface area contributed by atoms with Crippen LogP contribution in [0.3, 0.4) is 0 Å². The molecule has 5 rings (SSSR count). The predicted molar refractivity (Wildman–Crippen MR) is 136 cm³/mol. The Hall–Kier alpha value is -4.00. The molecule has 1 unspecified atom stereocenters. The standard InChI is InChI=1S/C28H29N5O2/c1-20-11-5-8-16-23(20)27(28(35)29-21-12-6-7-13-21)33(22-14-3-2-4-15-22)26(34)19-32-25-18-10-9-17-24(25)30-31-32/h2-5,8-11,14-18,21,27H,6-7,12-13,19H2,1H3,(H,29,35). The van der Waals surface area contributed by atoms with Crippen LogP contribution in [0.1, 0.15) is 42.9 Å². The molecular weight excluding hydrogens is 438 g/mol. The van der Waals surface area contributed by atoms with Crippen molar-refractivity contribution in [2.75, 3.05) is 4.90 Å². The van der Waals surface area contributed by atoms with Gasteiger partial charge in [-0.3, -0.25) is 14.5 Å². The van der Waals surface area contributed by atoms with Crippen LogP contribution in [0.4, 0.5) is 5.69 Å². The summed E-state index contributed by atoms with van der Waals surface area (Å²) in [5, 5.41) is 11.6. The average molecular weight is 468 g/mol. The van der Waals surface area contributed by atoms with E-state index in [1.54, 1.807) is 9.58 Å². The van der Waals surface area contributed by atoms with Crippen molar-refractivity contribution in [2.45, 2.75) is 51.2 Å². The summed E-state index contributed by atoms with van der Waals surface area (Å²) in [7, 11) is 0. The molecule has 178 valence electrons. The number of fused-ring (bicyclic) bond motifs is 1. The molecule has 2 amide bonds.